The van der Waals surface area contributed by atoms with Gasteiger partial charge < -0.3 is 19.7 Å². The fourth-order valence-corrected chi connectivity index (χ4v) is 3.67. The molecule has 1 atom stereocenters. The second kappa shape index (κ2) is 8.61. The van der Waals surface area contributed by atoms with Crippen LogP contribution in [0.15, 0.2) is 48.5 Å². The Morgan fingerprint density at radius 3 is 2.86 bits per heavy atom. The zero-order chi connectivity index (χ0) is 19.3. The van der Waals surface area contributed by atoms with Crippen molar-refractivity contribution in [3.05, 3.63) is 59.9 Å². The van der Waals surface area contributed by atoms with E-state index in [0.29, 0.717) is 49.0 Å². The van der Waals surface area contributed by atoms with Gasteiger partial charge in [-0.3, -0.25) is 0 Å². The lowest BCUT2D eigenvalue weighted by Gasteiger charge is -2.39. The number of hydrogen-bond donors (Lipinski definition) is 1. The number of carbonyl (C=O) groups is 1. The zero-order valence-electron chi connectivity index (χ0n) is 15.8. The molecule has 0 saturated carbocycles. The number of nitrogens with zero attached hydrogens (tertiary/aromatic N) is 1. The van der Waals surface area contributed by atoms with Crippen molar-refractivity contribution < 1.29 is 18.7 Å². The lowest BCUT2D eigenvalue weighted by molar-refractivity contribution is 0.0680. The highest BCUT2D eigenvalue weighted by atomic mass is 19.1. The third-order valence-corrected chi connectivity index (χ3v) is 5.26. The lowest BCUT2D eigenvalue weighted by Crippen LogP contribution is -2.52. The number of carbonyl (C=O) groups excluding carboxylic acids is 1. The van der Waals surface area contributed by atoms with Gasteiger partial charge in [-0.1, -0.05) is 24.3 Å². The second-order valence-electron chi connectivity index (χ2n) is 7.47. The maximum absolute atomic E-state index is 13.7. The van der Waals surface area contributed by atoms with Crippen LogP contribution in [0, 0.1) is 11.7 Å². The maximum atomic E-state index is 13.7. The first-order valence-corrected chi connectivity index (χ1v) is 9.81. The summed E-state index contributed by atoms with van der Waals surface area (Å²) in [6.07, 6.45) is 2.92. The van der Waals surface area contributed by atoms with E-state index in [-0.39, 0.29) is 18.0 Å². The number of urea groups is 1. The third kappa shape index (κ3) is 4.62. The standard InChI is InChI=1S/C22H25FN2O3/c23-21-9-2-1-5-17(21)11-16-13-25(14-16)22(26)24-18-6-3-7-19(12-18)28-15-20-8-4-10-27-20/h1-3,5-7,9,12,16,20H,4,8,10-11,13-15H2,(H,24,26)/t20-/m0/s1. The zero-order valence-corrected chi connectivity index (χ0v) is 15.8. The first kappa shape index (κ1) is 18.7. The number of hydrogen-bond acceptors (Lipinski definition) is 3. The molecule has 2 aliphatic heterocycles. The molecule has 0 aromatic heterocycles. The third-order valence-electron chi connectivity index (χ3n) is 5.26. The predicted octanol–water partition coefficient (Wildman–Crippen LogP) is 4.09. The molecule has 1 N–H and O–H groups in total. The lowest BCUT2D eigenvalue weighted by atomic mass is 9.92. The van der Waals surface area contributed by atoms with E-state index in [1.165, 1.54) is 6.07 Å². The van der Waals surface area contributed by atoms with Crippen LogP contribution >= 0.6 is 0 Å². The largest absolute Gasteiger partial charge is 0.491 e. The number of likely N-dealkylation sites (tertiary alicyclic amines) is 1. The number of ether oxygens (including phenoxy) is 2. The second-order valence-corrected chi connectivity index (χ2v) is 7.47. The van der Waals surface area contributed by atoms with Crippen LogP contribution in [0.5, 0.6) is 5.75 Å². The molecule has 2 fully saturated rings. The van der Waals surface area contributed by atoms with Crippen LogP contribution in [0.1, 0.15) is 18.4 Å². The Morgan fingerprint density at radius 1 is 1.21 bits per heavy atom. The number of anilines is 1. The minimum Gasteiger partial charge on any atom is -0.491 e. The fourth-order valence-electron chi connectivity index (χ4n) is 3.67. The van der Waals surface area contributed by atoms with Crippen molar-refractivity contribution in [2.45, 2.75) is 25.4 Å². The molecule has 0 spiro atoms. The highest BCUT2D eigenvalue weighted by Gasteiger charge is 2.31. The Hall–Kier alpha value is -2.60. The van der Waals surface area contributed by atoms with E-state index in [1.54, 1.807) is 17.0 Å². The van der Waals surface area contributed by atoms with E-state index in [2.05, 4.69) is 5.32 Å². The van der Waals surface area contributed by atoms with E-state index in [4.69, 9.17) is 9.47 Å². The van der Waals surface area contributed by atoms with E-state index in [9.17, 15) is 9.18 Å². The van der Waals surface area contributed by atoms with Gasteiger partial charge in [0.1, 0.15) is 18.2 Å². The van der Waals surface area contributed by atoms with Crippen LogP contribution < -0.4 is 10.1 Å². The Kier molecular flexibility index (Phi) is 5.76. The van der Waals surface area contributed by atoms with Crippen molar-refractivity contribution in [2.24, 2.45) is 5.92 Å². The smallest absolute Gasteiger partial charge is 0.321 e. The van der Waals surface area contributed by atoms with Gasteiger partial charge >= 0.3 is 6.03 Å². The molecule has 2 saturated heterocycles. The summed E-state index contributed by atoms with van der Waals surface area (Å²) in [4.78, 5) is 14.2. The normalized spacial score (nSPS) is 19.3. The van der Waals surface area contributed by atoms with Gasteiger partial charge in [0.2, 0.25) is 0 Å². The Labute approximate surface area is 164 Å². The molecule has 2 aromatic carbocycles. The predicted molar refractivity (Wildman–Crippen MR) is 105 cm³/mol. The number of nitrogens with one attached hydrogen (secondary N) is 1. The fraction of sp³-hybridized carbons (Fsp3) is 0.409. The summed E-state index contributed by atoms with van der Waals surface area (Å²) >= 11 is 0. The molecule has 148 valence electrons. The number of amides is 2. The quantitative estimate of drug-likeness (QED) is 0.816. The van der Waals surface area contributed by atoms with Gasteiger partial charge in [0.15, 0.2) is 0 Å². The molecule has 0 bridgehead atoms. The Balaban J connectivity index is 1.24. The molecular formula is C22H25FN2O3. The van der Waals surface area contributed by atoms with Gasteiger partial charge in [-0.25, -0.2) is 9.18 Å². The Bertz CT molecular complexity index is 817. The van der Waals surface area contributed by atoms with Gasteiger partial charge in [-0.05, 0) is 48.9 Å². The number of halogens is 1. The SMILES string of the molecule is O=C(Nc1cccc(OC[C@@H]2CCCO2)c1)N1CC(Cc2ccccc2F)C1. The minimum atomic E-state index is -0.176. The highest BCUT2D eigenvalue weighted by molar-refractivity contribution is 5.90. The summed E-state index contributed by atoms with van der Waals surface area (Å²) in [5, 5.41) is 2.91. The summed E-state index contributed by atoms with van der Waals surface area (Å²) < 4.78 is 25.1. The van der Waals surface area contributed by atoms with Gasteiger partial charge in [0, 0.05) is 31.5 Å². The summed E-state index contributed by atoms with van der Waals surface area (Å²) in [6.45, 7) is 2.60. The van der Waals surface area contributed by atoms with Crippen LogP contribution in [-0.2, 0) is 11.2 Å². The van der Waals surface area contributed by atoms with Crippen molar-refractivity contribution in [1.82, 2.24) is 4.90 Å². The molecule has 2 aliphatic rings. The molecule has 0 aliphatic carbocycles. The summed E-state index contributed by atoms with van der Waals surface area (Å²) in [5.74, 6) is 0.836. The summed E-state index contributed by atoms with van der Waals surface area (Å²) in [7, 11) is 0. The molecule has 5 nitrogen and oxygen atoms in total. The Morgan fingerprint density at radius 2 is 2.07 bits per heavy atom. The van der Waals surface area contributed by atoms with Crippen molar-refractivity contribution in [3.8, 4) is 5.75 Å². The van der Waals surface area contributed by atoms with Gasteiger partial charge in [-0.15, -0.1) is 0 Å². The van der Waals surface area contributed by atoms with Gasteiger partial charge in [0.25, 0.3) is 0 Å². The van der Waals surface area contributed by atoms with E-state index < -0.39 is 0 Å². The maximum Gasteiger partial charge on any atom is 0.321 e. The molecule has 0 radical (unpaired) electrons. The molecule has 0 unspecified atom stereocenters. The molecule has 2 amide bonds. The highest BCUT2D eigenvalue weighted by Crippen LogP contribution is 2.24. The summed E-state index contributed by atoms with van der Waals surface area (Å²) in [6, 6.07) is 14.1. The van der Waals surface area contributed by atoms with Crippen LogP contribution in [0.2, 0.25) is 0 Å². The van der Waals surface area contributed by atoms with Crippen LogP contribution in [0.4, 0.5) is 14.9 Å². The first-order valence-electron chi connectivity index (χ1n) is 9.81. The molecule has 4 rings (SSSR count). The average molecular weight is 384 g/mol. The van der Waals surface area contributed by atoms with Crippen LogP contribution in [0.3, 0.4) is 0 Å². The van der Waals surface area contributed by atoms with Crippen molar-refractivity contribution >= 4 is 11.7 Å². The number of rotatable bonds is 6. The average Bonchev–Trinajstić information content (AvgIpc) is 3.18. The van der Waals surface area contributed by atoms with Crippen molar-refractivity contribution in [2.75, 3.05) is 31.6 Å². The van der Waals surface area contributed by atoms with Crippen molar-refractivity contribution in [3.63, 3.8) is 0 Å². The summed E-state index contributed by atoms with van der Waals surface area (Å²) in [5.41, 5.74) is 1.41. The van der Waals surface area contributed by atoms with E-state index in [1.807, 2.05) is 30.3 Å². The van der Waals surface area contributed by atoms with Crippen LogP contribution in [0.25, 0.3) is 0 Å². The van der Waals surface area contributed by atoms with E-state index >= 15 is 0 Å². The van der Waals surface area contributed by atoms with Gasteiger partial charge in [-0.2, -0.15) is 0 Å². The molecule has 28 heavy (non-hydrogen) atoms. The molecule has 2 aromatic rings. The minimum absolute atomic E-state index is 0.138. The molecular weight excluding hydrogens is 359 g/mol. The first-order chi connectivity index (χ1) is 13.7. The molecule has 6 heteroatoms. The van der Waals surface area contributed by atoms with Crippen LogP contribution in [-0.4, -0.2) is 43.3 Å². The number of benzene rings is 2. The van der Waals surface area contributed by atoms with E-state index in [0.717, 1.165) is 19.4 Å². The molecule has 2 heterocycles. The topological polar surface area (TPSA) is 50.8 Å². The monoisotopic (exact) mass is 384 g/mol. The van der Waals surface area contributed by atoms with Gasteiger partial charge in [0.05, 0.1) is 6.10 Å². The van der Waals surface area contributed by atoms with Crippen molar-refractivity contribution in [1.29, 1.82) is 0 Å².